The first-order valence-electron chi connectivity index (χ1n) is 11.5. The summed E-state index contributed by atoms with van der Waals surface area (Å²) in [6, 6.07) is 4.90. The van der Waals surface area contributed by atoms with E-state index in [-0.39, 0.29) is 22.4 Å². The minimum absolute atomic E-state index is 0.0380. The van der Waals surface area contributed by atoms with Gasteiger partial charge >= 0.3 is 5.69 Å². The van der Waals surface area contributed by atoms with E-state index >= 15 is 0 Å². The summed E-state index contributed by atoms with van der Waals surface area (Å²) in [5, 5.41) is 9.76. The first-order chi connectivity index (χ1) is 16.3. The van der Waals surface area contributed by atoms with Gasteiger partial charge in [-0.25, -0.2) is 5.21 Å². The SMILES string of the molecule is C=C(N)/C=C(\C=C/N)CN1CCC(C(=O)N2CCN(Cc3ccc(Cl)cc3[N+](=O)O)CC2)CC1. The van der Waals surface area contributed by atoms with Crippen LogP contribution < -0.4 is 11.5 Å². The number of hydrogen-bond donors (Lipinski definition) is 3. The van der Waals surface area contributed by atoms with Crippen LogP contribution in [-0.2, 0) is 11.3 Å². The summed E-state index contributed by atoms with van der Waals surface area (Å²) in [7, 11) is 0. The van der Waals surface area contributed by atoms with Crippen LogP contribution >= 0.6 is 11.6 Å². The van der Waals surface area contributed by atoms with Crippen molar-refractivity contribution in [2.24, 2.45) is 17.4 Å². The Kier molecular flexibility index (Phi) is 9.09. The molecule has 1 aromatic carbocycles. The van der Waals surface area contributed by atoms with Gasteiger partial charge in [0.2, 0.25) is 5.91 Å². The maximum atomic E-state index is 13.1. The normalized spacial score (nSPS) is 19.0. The first kappa shape index (κ1) is 25.7. The number of rotatable bonds is 8. The Morgan fingerprint density at radius 2 is 1.85 bits per heavy atom. The van der Waals surface area contributed by atoms with Crippen LogP contribution in [0.2, 0.25) is 5.02 Å². The van der Waals surface area contributed by atoms with Crippen LogP contribution in [0.1, 0.15) is 18.4 Å². The van der Waals surface area contributed by atoms with E-state index in [1.54, 1.807) is 12.1 Å². The third kappa shape index (κ3) is 7.06. The monoisotopic (exact) mass is 489 g/mol. The van der Waals surface area contributed by atoms with E-state index in [0.717, 1.165) is 38.0 Å². The van der Waals surface area contributed by atoms with E-state index in [9.17, 15) is 14.9 Å². The lowest BCUT2D eigenvalue weighted by molar-refractivity contribution is -0.730. The second kappa shape index (κ2) is 12.0. The number of hydrogen-bond acceptors (Lipinski definition) is 6. The summed E-state index contributed by atoms with van der Waals surface area (Å²) in [6.45, 7) is 9.36. The largest absolute Gasteiger partial charge is 0.405 e. The average molecular weight is 490 g/mol. The third-order valence-corrected chi connectivity index (χ3v) is 6.59. The van der Waals surface area contributed by atoms with Gasteiger partial charge < -0.3 is 16.4 Å². The molecule has 0 atom stereocenters. The fraction of sp³-hybridized carbons (Fsp3) is 0.458. The number of benzene rings is 1. The molecule has 9 nitrogen and oxygen atoms in total. The molecule has 0 bridgehead atoms. The molecular weight excluding hydrogens is 456 g/mol. The fourth-order valence-corrected chi connectivity index (χ4v) is 4.75. The topological polar surface area (TPSA) is 119 Å². The van der Waals surface area contributed by atoms with Crippen LogP contribution in [0, 0.1) is 10.8 Å². The van der Waals surface area contributed by atoms with Gasteiger partial charge in [-0.3, -0.25) is 14.6 Å². The zero-order chi connectivity index (χ0) is 24.7. The van der Waals surface area contributed by atoms with Gasteiger partial charge in [0.1, 0.15) is 0 Å². The molecule has 1 aromatic rings. The second-order valence-electron chi connectivity index (χ2n) is 8.85. The molecule has 0 spiro atoms. The quantitative estimate of drug-likeness (QED) is 0.379. The lowest BCUT2D eigenvalue weighted by atomic mass is 9.94. The van der Waals surface area contributed by atoms with Gasteiger partial charge in [0.25, 0.3) is 4.92 Å². The van der Waals surface area contributed by atoms with E-state index < -0.39 is 0 Å². The first-order valence-corrected chi connectivity index (χ1v) is 11.9. The Morgan fingerprint density at radius 3 is 2.44 bits per heavy atom. The van der Waals surface area contributed by atoms with Crippen molar-refractivity contribution in [2.75, 3.05) is 45.8 Å². The Balaban J connectivity index is 1.47. The zero-order valence-electron chi connectivity index (χ0n) is 19.4. The Hall–Kier alpha value is -2.88. The smallest absolute Gasteiger partial charge is 0.322 e. The molecule has 0 aromatic heterocycles. The molecule has 1 amide bonds. The highest BCUT2D eigenvalue weighted by molar-refractivity contribution is 6.30. The maximum Gasteiger partial charge on any atom is 0.322 e. The van der Waals surface area contributed by atoms with Crippen molar-refractivity contribution >= 4 is 23.2 Å². The highest BCUT2D eigenvalue weighted by Crippen LogP contribution is 2.25. The van der Waals surface area contributed by atoms with Gasteiger partial charge in [-0.05, 0) is 62.0 Å². The Bertz CT molecular complexity index is 963. The zero-order valence-corrected chi connectivity index (χ0v) is 20.2. The summed E-state index contributed by atoms with van der Waals surface area (Å²) in [5.74, 6) is 0.261. The van der Waals surface area contributed by atoms with E-state index in [1.165, 1.54) is 12.3 Å². The minimum atomic E-state index is -0.148. The molecule has 0 radical (unpaired) electrons. The summed E-state index contributed by atoms with van der Waals surface area (Å²) in [5.41, 5.74) is 13.6. The highest BCUT2D eigenvalue weighted by Gasteiger charge is 2.31. The number of halogens is 1. The molecule has 3 rings (SSSR count). The molecule has 34 heavy (non-hydrogen) atoms. The molecule has 0 unspecified atom stereocenters. The third-order valence-electron chi connectivity index (χ3n) is 6.36. The van der Waals surface area contributed by atoms with Crippen molar-refractivity contribution in [2.45, 2.75) is 19.4 Å². The maximum absolute atomic E-state index is 13.1. The number of nitrogens with zero attached hydrogens (tertiary/aromatic N) is 4. The van der Waals surface area contributed by atoms with Crippen molar-refractivity contribution in [1.29, 1.82) is 0 Å². The number of allylic oxidation sites excluding steroid dienone is 1. The van der Waals surface area contributed by atoms with Gasteiger partial charge in [0, 0.05) is 67.5 Å². The lowest BCUT2D eigenvalue weighted by Crippen LogP contribution is -2.51. The van der Waals surface area contributed by atoms with Crippen molar-refractivity contribution in [3.8, 4) is 0 Å². The molecule has 5 N–H and O–H groups in total. The van der Waals surface area contributed by atoms with Crippen LogP contribution in [-0.4, -0.2) is 76.6 Å². The molecule has 2 aliphatic heterocycles. The number of likely N-dealkylation sites (tertiary alicyclic amines) is 1. The molecule has 184 valence electrons. The van der Waals surface area contributed by atoms with Gasteiger partial charge in [-0.15, -0.1) is 0 Å². The van der Waals surface area contributed by atoms with E-state index in [0.29, 0.717) is 49.0 Å². The molecule has 10 heteroatoms. The summed E-state index contributed by atoms with van der Waals surface area (Å²) < 4.78 is 0. The standard InChI is InChI=1S/C24H34ClN6O3/c1-18(27)14-19(4-7-26)16-28-8-5-20(6-9-28)24(32)30-12-10-29(11-13-30)17-21-2-3-22(25)15-23(21)31(33)34/h2-4,7,14-15,20H,1,5-6,8-13,16-17,26-27H2,(H,33,34)/q+1/b7-4-,19-14+. The van der Waals surface area contributed by atoms with Crippen LogP contribution in [0.3, 0.4) is 0 Å². The van der Waals surface area contributed by atoms with Crippen LogP contribution in [0.15, 0.2) is 54.4 Å². The summed E-state index contributed by atoms with van der Waals surface area (Å²) in [4.78, 5) is 30.8. The van der Waals surface area contributed by atoms with E-state index in [4.69, 9.17) is 23.1 Å². The average Bonchev–Trinajstić information content (AvgIpc) is 2.80. The van der Waals surface area contributed by atoms with Gasteiger partial charge in [-0.2, -0.15) is 0 Å². The van der Waals surface area contributed by atoms with Crippen molar-refractivity contribution in [1.82, 2.24) is 14.7 Å². The minimum Gasteiger partial charge on any atom is -0.405 e. The van der Waals surface area contributed by atoms with Crippen molar-refractivity contribution in [3.63, 3.8) is 0 Å². The van der Waals surface area contributed by atoms with Crippen LogP contribution in [0.5, 0.6) is 0 Å². The van der Waals surface area contributed by atoms with Gasteiger partial charge in [0.05, 0.1) is 4.91 Å². The predicted molar refractivity (Wildman–Crippen MR) is 132 cm³/mol. The van der Waals surface area contributed by atoms with Crippen molar-refractivity contribution in [3.05, 3.63) is 69.9 Å². The van der Waals surface area contributed by atoms with Crippen molar-refractivity contribution < 1.29 is 14.9 Å². The number of carbonyl (C=O) groups is 1. The lowest BCUT2D eigenvalue weighted by Gasteiger charge is -2.38. The molecule has 2 aliphatic rings. The van der Waals surface area contributed by atoms with E-state index in [1.807, 2.05) is 17.1 Å². The second-order valence-corrected chi connectivity index (χ2v) is 9.29. The molecule has 2 saturated heterocycles. The fourth-order valence-electron chi connectivity index (χ4n) is 4.58. The predicted octanol–water partition coefficient (Wildman–Crippen LogP) is 2.37. The highest BCUT2D eigenvalue weighted by atomic mass is 35.5. The molecular formula is C24H34ClN6O3+. The number of piperazine rings is 1. The summed E-state index contributed by atoms with van der Waals surface area (Å²) >= 11 is 5.94. The number of amides is 1. The summed E-state index contributed by atoms with van der Waals surface area (Å²) in [6.07, 6.45) is 6.80. The van der Waals surface area contributed by atoms with E-state index in [2.05, 4.69) is 16.4 Å². The number of nitrogens with two attached hydrogens (primary N) is 2. The molecule has 2 heterocycles. The number of carbonyl (C=O) groups excluding carboxylic acids is 1. The van der Waals surface area contributed by atoms with Gasteiger partial charge in [0.15, 0.2) is 0 Å². The molecule has 2 fully saturated rings. The number of piperidine rings is 1. The van der Waals surface area contributed by atoms with Crippen LogP contribution in [0.4, 0.5) is 5.69 Å². The molecule has 0 saturated carbocycles. The Labute approximate surface area is 205 Å². The van der Waals surface area contributed by atoms with Gasteiger partial charge in [-0.1, -0.05) is 18.2 Å². The molecule has 0 aliphatic carbocycles. The van der Waals surface area contributed by atoms with Crippen LogP contribution in [0.25, 0.3) is 0 Å². The Morgan fingerprint density at radius 1 is 1.18 bits per heavy atom.